The molecule has 4 heterocycles. The summed E-state index contributed by atoms with van der Waals surface area (Å²) in [5, 5.41) is 8.04. The van der Waals surface area contributed by atoms with Gasteiger partial charge >= 0.3 is 0 Å². The molecular formula is C26H34N6O3Si. The van der Waals surface area contributed by atoms with Crippen LogP contribution in [0.2, 0.25) is 18.1 Å². The van der Waals surface area contributed by atoms with Gasteiger partial charge in [-0.1, -0.05) is 32.1 Å². The van der Waals surface area contributed by atoms with E-state index >= 15 is 0 Å². The van der Waals surface area contributed by atoms with E-state index in [9.17, 15) is 4.79 Å². The zero-order chi connectivity index (χ0) is 25.6. The van der Waals surface area contributed by atoms with Gasteiger partial charge in [-0.2, -0.15) is 0 Å². The fourth-order valence-electron chi connectivity index (χ4n) is 4.22. The Morgan fingerprint density at radius 3 is 2.42 bits per heavy atom. The minimum absolute atomic E-state index is 0.131. The molecule has 5 rings (SSSR count). The molecule has 9 nitrogen and oxygen atoms in total. The number of aromatic nitrogens is 5. The van der Waals surface area contributed by atoms with Crippen molar-refractivity contribution in [2.24, 2.45) is 5.41 Å². The van der Waals surface area contributed by atoms with Crippen molar-refractivity contribution in [3.05, 3.63) is 65.0 Å². The van der Waals surface area contributed by atoms with Crippen LogP contribution >= 0.6 is 0 Å². The first-order valence-corrected chi connectivity index (χ1v) is 15.2. The molecule has 1 spiro atoms. The smallest absolute Gasteiger partial charge is 0.298 e. The van der Waals surface area contributed by atoms with Crippen molar-refractivity contribution in [1.82, 2.24) is 24.5 Å². The molecule has 0 aliphatic carbocycles. The molecule has 36 heavy (non-hydrogen) atoms. The number of ether oxygens (including phenoxy) is 1. The molecule has 10 heteroatoms. The highest BCUT2D eigenvalue weighted by molar-refractivity contribution is 6.74. The zero-order valence-corrected chi connectivity index (χ0v) is 22.6. The standard InChI is InChI=1S/C26H34N6O3Si/c1-25(2,3)36(4,5)35-14-6-7-20-15-31(21-8-10-22(11-9-21)32-13-12-27-29-32)24(33)23(28-20)30-16-26(17-30)18-34-19-26/h6-13,15H,14,16-19H2,1-5H3/b7-6+. The van der Waals surface area contributed by atoms with E-state index in [0.717, 1.165) is 43.4 Å². The Labute approximate surface area is 212 Å². The van der Waals surface area contributed by atoms with E-state index in [4.69, 9.17) is 14.1 Å². The molecule has 0 amide bonds. The van der Waals surface area contributed by atoms with Crippen molar-refractivity contribution in [2.45, 2.75) is 38.9 Å². The molecule has 1 aromatic carbocycles. The van der Waals surface area contributed by atoms with Crippen molar-refractivity contribution in [3.8, 4) is 11.4 Å². The van der Waals surface area contributed by atoms with E-state index in [-0.39, 0.29) is 16.0 Å². The van der Waals surface area contributed by atoms with Crippen LogP contribution in [0.4, 0.5) is 5.82 Å². The van der Waals surface area contributed by atoms with Crippen molar-refractivity contribution >= 4 is 20.2 Å². The van der Waals surface area contributed by atoms with Gasteiger partial charge in [-0.25, -0.2) is 9.67 Å². The Balaban J connectivity index is 1.42. The van der Waals surface area contributed by atoms with Gasteiger partial charge < -0.3 is 14.1 Å². The van der Waals surface area contributed by atoms with Gasteiger partial charge in [-0.15, -0.1) is 5.10 Å². The van der Waals surface area contributed by atoms with E-state index in [0.29, 0.717) is 12.4 Å². The molecule has 2 aliphatic heterocycles. The number of rotatable bonds is 7. The summed E-state index contributed by atoms with van der Waals surface area (Å²) in [6, 6.07) is 7.66. The number of hydrogen-bond donors (Lipinski definition) is 0. The summed E-state index contributed by atoms with van der Waals surface area (Å²) in [5.41, 5.74) is 2.40. The SMILES string of the molecule is CC(C)(C)[Si](C)(C)OC/C=C/c1cn(-c2ccc(-n3ccnn3)cc2)c(=O)c(N2CC3(COC3)C2)n1. The highest BCUT2D eigenvalue weighted by Gasteiger charge is 2.50. The predicted molar refractivity (Wildman–Crippen MR) is 142 cm³/mol. The maximum Gasteiger partial charge on any atom is 0.298 e. The molecule has 0 saturated carbocycles. The van der Waals surface area contributed by atoms with E-state index in [1.54, 1.807) is 27.8 Å². The summed E-state index contributed by atoms with van der Waals surface area (Å²) in [4.78, 5) is 20.3. The molecule has 190 valence electrons. The summed E-state index contributed by atoms with van der Waals surface area (Å²) in [6.07, 6.45) is 9.14. The second kappa shape index (κ2) is 9.09. The summed E-state index contributed by atoms with van der Waals surface area (Å²) in [6.45, 7) is 14.8. The molecule has 0 atom stereocenters. The van der Waals surface area contributed by atoms with E-state index in [1.165, 1.54) is 0 Å². The molecule has 3 aromatic rings. The summed E-state index contributed by atoms with van der Waals surface area (Å²) in [7, 11) is -1.84. The average Bonchev–Trinajstić information content (AvgIpc) is 3.31. The first-order valence-electron chi connectivity index (χ1n) is 12.3. The summed E-state index contributed by atoms with van der Waals surface area (Å²) in [5.74, 6) is 0.473. The first-order chi connectivity index (χ1) is 17.1. The Morgan fingerprint density at radius 2 is 1.83 bits per heavy atom. The van der Waals surface area contributed by atoms with E-state index in [2.05, 4.69) is 49.1 Å². The zero-order valence-electron chi connectivity index (χ0n) is 21.6. The summed E-state index contributed by atoms with van der Waals surface area (Å²) < 4.78 is 15.0. The van der Waals surface area contributed by atoms with Gasteiger partial charge in [0.1, 0.15) is 0 Å². The lowest BCUT2D eigenvalue weighted by atomic mass is 9.78. The highest BCUT2D eigenvalue weighted by atomic mass is 28.4. The second-order valence-electron chi connectivity index (χ2n) is 11.4. The maximum absolute atomic E-state index is 13.5. The normalized spacial score (nSPS) is 17.4. The van der Waals surface area contributed by atoms with Crippen molar-refractivity contribution < 1.29 is 9.16 Å². The minimum Gasteiger partial charge on any atom is -0.413 e. The molecule has 2 saturated heterocycles. The van der Waals surface area contributed by atoms with E-state index in [1.807, 2.05) is 36.4 Å². The maximum atomic E-state index is 13.5. The lowest BCUT2D eigenvalue weighted by Crippen LogP contribution is -2.67. The number of nitrogens with zero attached hydrogens (tertiary/aromatic N) is 6. The number of benzene rings is 1. The van der Waals surface area contributed by atoms with Crippen molar-refractivity contribution in [1.29, 1.82) is 0 Å². The fraction of sp³-hybridized carbons (Fsp3) is 0.462. The van der Waals surface area contributed by atoms with Crippen LogP contribution in [0.15, 0.2) is 53.7 Å². The molecule has 0 N–H and O–H groups in total. The van der Waals surface area contributed by atoms with Crippen LogP contribution in [0.25, 0.3) is 17.5 Å². The Morgan fingerprint density at radius 1 is 1.14 bits per heavy atom. The molecule has 2 fully saturated rings. The van der Waals surface area contributed by atoms with Gasteiger partial charge in [0.2, 0.25) is 0 Å². The summed E-state index contributed by atoms with van der Waals surface area (Å²) >= 11 is 0. The topological polar surface area (TPSA) is 87.3 Å². The molecule has 0 radical (unpaired) electrons. The second-order valence-corrected chi connectivity index (χ2v) is 16.2. The predicted octanol–water partition coefficient (Wildman–Crippen LogP) is 3.68. The van der Waals surface area contributed by atoms with Crippen LogP contribution in [-0.2, 0) is 9.16 Å². The van der Waals surface area contributed by atoms with Crippen LogP contribution in [0, 0.1) is 5.41 Å². The third-order valence-electron chi connectivity index (χ3n) is 7.53. The molecular weight excluding hydrogens is 472 g/mol. The largest absolute Gasteiger partial charge is 0.413 e. The highest BCUT2D eigenvalue weighted by Crippen LogP contribution is 2.39. The van der Waals surface area contributed by atoms with E-state index < -0.39 is 8.32 Å². The van der Waals surface area contributed by atoms with Gasteiger partial charge in [0, 0.05) is 25.0 Å². The lowest BCUT2D eigenvalue weighted by Gasteiger charge is -2.55. The third kappa shape index (κ3) is 4.68. The molecule has 0 bridgehead atoms. The Kier molecular flexibility index (Phi) is 6.22. The average molecular weight is 507 g/mol. The number of anilines is 1. The molecule has 0 unspecified atom stereocenters. The van der Waals surface area contributed by atoms with Gasteiger partial charge in [0.25, 0.3) is 5.56 Å². The minimum atomic E-state index is -1.84. The third-order valence-corrected chi connectivity index (χ3v) is 12.0. The fourth-order valence-corrected chi connectivity index (χ4v) is 5.16. The van der Waals surface area contributed by atoms with Gasteiger partial charge in [0.15, 0.2) is 14.1 Å². The van der Waals surface area contributed by atoms with Crippen LogP contribution in [-0.4, -0.2) is 65.8 Å². The van der Waals surface area contributed by atoms with Crippen LogP contribution in [0.5, 0.6) is 0 Å². The molecule has 2 aromatic heterocycles. The van der Waals surface area contributed by atoms with Crippen molar-refractivity contribution in [2.75, 3.05) is 37.8 Å². The van der Waals surface area contributed by atoms with Crippen molar-refractivity contribution in [3.63, 3.8) is 0 Å². The lowest BCUT2D eigenvalue weighted by molar-refractivity contribution is -0.127. The Hall–Kier alpha value is -3.08. The quantitative estimate of drug-likeness (QED) is 0.452. The molecule has 2 aliphatic rings. The van der Waals surface area contributed by atoms with Crippen LogP contribution in [0.1, 0.15) is 26.5 Å². The Bertz CT molecular complexity index is 1300. The van der Waals surface area contributed by atoms with Crippen LogP contribution < -0.4 is 10.5 Å². The van der Waals surface area contributed by atoms with Gasteiger partial charge in [-0.3, -0.25) is 9.36 Å². The van der Waals surface area contributed by atoms with Crippen LogP contribution in [0.3, 0.4) is 0 Å². The van der Waals surface area contributed by atoms with Gasteiger partial charge in [-0.05, 0) is 48.5 Å². The van der Waals surface area contributed by atoms with Gasteiger partial charge in [0.05, 0.1) is 49.0 Å². The number of hydrogen-bond acceptors (Lipinski definition) is 7. The monoisotopic (exact) mass is 506 g/mol. The first kappa shape index (κ1) is 24.6.